The molecule has 0 saturated heterocycles. The summed E-state index contributed by atoms with van der Waals surface area (Å²) in [6.07, 6.45) is 4.39. The number of aromatic nitrogens is 3. The lowest BCUT2D eigenvalue weighted by Gasteiger charge is -2.05. The summed E-state index contributed by atoms with van der Waals surface area (Å²) in [5.41, 5.74) is 3.12. The topological polar surface area (TPSA) is 52.0 Å². The molecule has 1 aromatic carbocycles. The highest BCUT2D eigenvalue weighted by Gasteiger charge is 2.12. The van der Waals surface area contributed by atoms with E-state index >= 15 is 0 Å². The molecule has 1 heterocycles. The summed E-state index contributed by atoms with van der Waals surface area (Å²) in [5, 5.41) is 12.8. The third kappa shape index (κ3) is 6.06. The molecule has 0 bridgehead atoms. The minimum atomic E-state index is 0.739. The van der Waals surface area contributed by atoms with Gasteiger partial charge in [0.2, 0.25) is 0 Å². The van der Waals surface area contributed by atoms with Crippen LogP contribution in [0.4, 0.5) is 0 Å². The van der Waals surface area contributed by atoms with Gasteiger partial charge in [-0.2, -0.15) is 15.0 Å². The average Bonchev–Trinajstić information content (AvgIpc) is 3.01. The fourth-order valence-corrected chi connectivity index (χ4v) is 2.48. The molecule has 0 aliphatic carbocycles. The first kappa shape index (κ1) is 18.6. The normalized spacial score (nSPS) is 11.1. The van der Waals surface area contributed by atoms with Crippen LogP contribution in [-0.2, 0) is 17.8 Å². The lowest BCUT2D eigenvalue weighted by molar-refractivity contribution is 0.128. The van der Waals surface area contributed by atoms with Gasteiger partial charge in [-0.25, -0.2) is 0 Å². The Balaban J connectivity index is 1.85. The predicted molar refractivity (Wildman–Crippen MR) is 97.8 cm³/mol. The Hall–Kier alpha value is -1.72. The standard InChI is InChI=1S/C19H30N4O/c1-3-5-14-24-15-9-12-20-16-18-19(17-10-7-6-8-11-17)22-23(21-18)13-4-2/h6-8,10-11,20H,3-5,9,12-16H2,1-2H3. The molecule has 0 fully saturated rings. The lowest BCUT2D eigenvalue weighted by atomic mass is 10.1. The number of benzene rings is 1. The van der Waals surface area contributed by atoms with Crippen LogP contribution in [0.25, 0.3) is 11.3 Å². The maximum absolute atomic E-state index is 5.58. The van der Waals surface area contributed by atoms with Crippen molar-refractivity contribution in [1.82, 2.24) is 20.3 Å². The Morgan fingerprint density at radius 1 is 1.00 bits per heavy atom. The number of rotatable bonds is 12. The number of nitrogens with one attached hydrogen (secondary N) is 1. The molecule has 0 aliphatic heterocycles. The van der Waals surface area contributed by atoms with Crippen molar-refractivity contribution in [2.24, 2.45) is 0 Å². The van der Waals surface area contributed by atoms with Crippen molar-refractivity contribution in [3.05, 3.63) is 36.0 Å². The van der Waals surface area contributed by atoms with Crippen molar-refractivity contribution in [3.63, 3.8) is 0 Å². The molecular formula is C19H30N4O. The molecule has 1 aromatic heterocycles. The fraction of sp³-hybridized carbons (Fsp3) is 0.579. The summed E-state index contributed by atoms with van der Waals surface area (Å²) >= 11 is 0. The maximum Gasteiger partial charge on any atom is 0.117 e. The van der Waals surface area contributed by atoms with E-state index in [-0.39, 0.29) is 0 Å². The van der Waals surface area contributed by atoms with E-state index in [1.54, 1.807) is 0 Å². The van der Waals surface area contributed by atoms with E-state index in [1.165, 1.54) is 6.42 Å². The van der Waals surface area contributed by atoms with Crippen LogP contribution in [0.2, 0.25) is 0 Å². The van der Waals surface area contributed by atoms with E-state index in [9.17, 15) is 0 Å². The number of ether oxygens (including phenoxy) is 1. The third-order valence-electron chi connectivity index (χ3n) is 3.77. The van der Waals surface area contributed by atoms with Crippen LogP contribution in [0.1, 0.15) is 45.2 Å². The Morgan fingerprint density at radius 2 is 1.79 bits per heavy atom. The molecule has 0 unspecified atom stereocenters. The zero-order valence-corrected chi connectivity index (χ0v) is 15.0. The molecule has 0 saturated carbocycles. The van der Waals surface area contributed by atoms with Gasteiger partial charge in [-0.1, -0.05) is 50.6 Å². The molecule has 0 amide bonds. The first-order chi connectivity index (χ1) is 11.8. The largest absolute Gasteiger partial charge is 0.381 e. The first-order valence-electron chi connectivity index (χ1n) is 9.13. The Labute approximate surface area is 145 Å². The van der Waals surface area contributed by atoms with Crippen molar-refractivity contribution in [3.8, 4) is 11.3 Å². The lowest BCUT2D eigenvalue weighted by Crippen LogP contribution is -2.17. The monoisotopic (exact) mass is 330 g/mol. The summed E-state index contributed by atoms with van der Waals surface area (Å²) < 4.78 is 5.58. The molecule has 132 valence electrons. The van der Waals surface area contributed by atoms with Gasteiger partial charge in [0.05, 0.1) is 6.54 Å². The van der Waals surface area contributed by atoms with Gasteiger partial charge in [0.1, 0.15) is 11.4 Å². The van der Waals surface area contributed by atoms with E-state index in [2.05, 4.69) is 41.5 Å². The molecule has 2 aromatic rings. The molecule has 0 atom stereocenters. The van der Waals surface area contributed by atoms with Crippen LogP contribution in [0, 0.1) is 0 Å². The van der Waals surface area contributed by atoms with Crippen LogP contribution in [0.15, 0.2) is 30.3 Å². The highest BCUT2D eigenvalue weighted by molar-refractivity contribution is 5.60. The molecule has 5 heteroatoms. The van der Waals surface area contributed by atoms with Gasteiger partial charge >= 0.3 is 0 Å². The smallest absolute Gasteiger partial charge is 0.117 e. The number of aryl methyl sites for hydroxylation is 1. The van der Waals surface area contributed by atoms with Gasteiger partial charge in [-0.05, 0) is 25.8 Å². The Morgan fingerprint density at radius 3 is 2.54 bits per heavy atom. The van der Waals surface area contributed by atoms with Crippen LogP contribution in [0.5, 0.6) is 0 Å². The predicted octanol–water partition coefficient (Wildman–Crippen LogP) is 3.65. The van der Waals surface area contributed by atoms with Crippen molar-refractivity contribution in [2.75, 3.05) is 19.8 Å². The van der Waals surface area contributed by atoms with Crippen LogP contribution in [0.3, 0.4) is 0 Å². The summed E-state index contributed by atoms with van der Waals surface area (Å²) in [5.74, 6) is 0. The fourth-order valence-electron chi connectivity index (χ4n) is 2.48. The van der Waals surface area contributed by atoms with Crippen molar-refractivity contribution in [1.29, 1.82) is 0 Å². The quantitative estimate of drug-likeness (QED) is 0.604. The van der Waals surface area contributed by atoms with Crippen LogP contribution < -0.4 is 5.32 Å². The minimum Gasteiger partial charge on any atom is -0.381 e. The van der Waals surface area contributed by atoms with E-state index in [0.29, 0.717) is 0 Å². The molecular weight excluding hydrogens is 300 g/mol. The van der Waals surface area contributed by atoms with Gasteiger partial charge in [-0.15, -0.1) is 0 Å². The molecule has 1 N–H and O–H groups in total. The van der Waals surface area contributed by atoms with Gasteiger partial charge in [0, 0.05) is 25.3 Å². The summed E-state index contributed by atoms with van der Waals surface area (Å²) in [4.78, 5) is 1.81. The Kier molecular flexibility index (Phi) is 8.49. The molecule has 5 nitrogen and oxygen atoms in total. The van der Waals surface area contributed by atoms with E-state index in [4.69, 9.17) is 4.74 Å². The minimum absolute atomic E-state index is 0.739. The number of nitrogens with zero attached hydrogens (tertiary/aromatic N) is 3. The second-order valence-electron chi connectivity index (χ2n) is 5.95. The van der Waals surface area contributed by atoms with Crippen LogP contribution in [-0.4, -0.2) is 34.8 Å². The number of unbranched alkanes of at least 4 members (excludes halogenated alkanes) is 1. The summed E-state index contributed by atoms with van der Waals surface area (Å²) in [7, 11) is 0. The molecule has 0 spiro atoms. The van der Waals surface area contributed by atoms with E-state index in [0.717, 1.165) is 69.1 Å². The van der Waals surface area contributed by atoms with Gasteiger partial charge < -0.3 is 10.1 Å². The third-order valence-corrected chi connectivity index (χ3v) is 3.77. The number of hydrogen-bond acceptors (Lipinski definition) is 4. The van der Waals surface area contributed by atoms with Crippen molar-refractivity contribution in [2.45, 2.75) is 52.6 Å². The van der Waals surface area contributed by atoms with Crippen LogP contribution >= 0.6 is 0 Å². The highest BCUT2D eigenvalue weighted by atomic mass is 16.5. The Bertz CT molecular complexity index is 568. The van der Waals surface area contributed by atoms with Gasteiger partial charge in [0.25, 0.3) is 0 Å². The second kappa shape index (κ2) is 10.9. The zero-order chi connectivity index (χ0) is 17.0. The van der Waals surface area contributed by atoms with Gasteiger partial charge in [-0.3, -0.25) is 0 Å². The molecule has 24 heavy (non-hydrogen) atoms. The SMILES string of the molecule is CCCCOCCCNCc1nn(CCC)nc1-c1ccccc1. The first-order valence-corrected chi connectivity index (χ1v) is 9.13. The maximum atomic E-state index is 5.58. The average molecular weight is 330 g/mol. The second-order valence-corrected chi connectivity index (χ2v) is 5.95. The van der Waals surface area contributed by atoms with Crippen molar-refractivity contribution < 1.29 is 4.74 Å². The highest BCUT2D eigenvalue weighted by Crippen LogP contribution is 2.19. The molecule has 0 aliphatic rings. The summed E-state index contributed by atoms with van der Waals surface area (Å²) in [6, 6.07) is 10.3. The van der Waals surface area contributed by atoms with Gasteiger partial charge in [0.15, 0.2) is 0 Å². The molecule has 0 radical (unpaired) electrons. The molecule has 2 rings (SSSR count). The number of hydrogen-bond donors (Lipinski definition) is 1. The van der Waals surface area contributed by atoms with E-state index in [1.807, 2.05) is 23.0 Å². The zero-order valence-electron chi connectivity index (χ0n) is 15.0. The van der Waals surface area contributed by atoms with E-state index < -0.39 is 0 Å². The van der Waals surface area contributed by atoms with Crippen molar-refractivity contribution >= 4 is 0 Å². The summed E-state index contributed by atoms with van der Waals surface area (Å²) in [6.45, 7) is 8.54.